The van der Waals surface area contributed by atoms with Crippen molar-refractivity contribution >= 4 is 7.60 Å². The van der Waals surface area contributed by atoms with E-state index in [9.17, 15) is 4.57 Å². The molecule has 4 nitrogen and oxygen atoms in total. The van der Waals surface area contributed by atoms with E-state index in [0.717, 1.165) is 25.7 Å². The first-order valence-electron chi connectivity index (χ1n) is 7.90. The lowest BCUT2D eigenvalue weighted by Gasteiger charge is -2.05. The SMILES string of the molecule is CC(C)=CCCC(C)=CCCC(C)=CCNCCP(=O)(O)O. The molecule has 0 aliphatic rings. The standard InChI is InChI=1S/C17H32NO3P/c1-15(2)7-5-8-16(3)9-6-10-17(4)11-12-18-13-14-22(19,20)21/h7,9,11,18H,5-6,8,10,12-14H2,1-4H3,(H2,19,20,21). The summed E-state index contributed by atoms with van der Waals surface area (Å²) in [5.74, 6) is 0. The largest absolute Gasteiger partial charge is 0.326 e. The molecular weight excluding hydrogens is 297 g/mol. The summed E-state index contributed by atoms with van der Waals surface area (Å²) in [6.45, 7) is 9.54. The van der Waals surface area contributed by atoms with Crippen LogP contribution in [0.5, 0.6) is 0 Å². The van der Waals surface area contributed by atoms with Crippen molar-refractivity contribution in [3.63, 3.8) is 0 Å². The minimum Gasteiger partial charge on any atom is -0.324 e. The molecule has 0 saturated carbocycles. The first-order chi connectivity index (χ1) is 10.2. The van der Waals surface area contributed by atoms with Crippen LogP contribution in [0.25, 0.3) is 0 Å². The lowest BCUT2D eigenvalue weighted by Crippen LogP contribution is -2.18. The molecular formula is C17H32NO3P. The molecule has 128 valence electrons. The maximum atomic E-state index is 10.7. The van der Waals surface area contributed by atoms with Gasteiger partial charge in [-0.15, -0.1) is 0 Å². The minimum absolute atomic E-state index is 0.104. The van der Waals surface area contributed by atoms with Gasteiger partial charge in [-0.3, -0.25) is 4.57 Å². The highest BCUT2D eigenvalue weighted by Crippen LogP contribution is 2.32. The van der Waals surface area contributed by atoms with E-state index >= 15 is 0 Å². The average Bonchev–Trinajstić information content (AvgIpc) is 2.36. The van der Waals surface area contributed by atoms with Crippen molar-refractivity contribution < 1.29 is 14.4 Å². The fraction of sp³-hybridized carbons (Fsp3) is 0.647. The molecule has 0 atom stereocenters. The van der Waals surface area contributed by atoms with Crippen molar-refractivity contribution in [1.29, 1.82) is 0 Å². The van der Waals surface area contributed by atoms with Gasteiger partial charge in [0.1, 0.15) is 0 Å². The monoisotopic (exact) mass is 329 g/mol. The van der Waals surface area contributed by atoms with E-state index in [2.05, 4.69) is 51.2 Å². The van der Waals surface area contributed by atoms with E-state index in [-0.39, 0.29) is 6.16 Å². The van der Waals surface area contributed by atoms with E-state index < -0.39 is 7.60 Å². The molecule has 0 rings (SSSR count). The van der Waals surface area contributed by atoms with E-state index in [4.69, 9.17) is 9.79 Å². The van der Waals surface area contributed by atoms with Gasteiger partial charge in [-0.05, 0) is 53.4 Å². The van der Waals surface area contributed by atoms with Crippen LogP contribution in [0.1, 0.15) is 53.4 Å². The molecule has 0 bridgehead atoms. The van der Waals surface area contributed by atoms with Crippen LogP contribution in [0, 0.1) is 0 Å². The molecule has 22 heavy (non-hydrogen) atoms. The Hall–Kier alpha value is -0.670. The first kappa shape index (κ1) is 21.3. The minimum atomic E-state index is -3.87. The van der Waals surface area contributed by atoms with Crippen LogP contribution in [0.3, 0.4) is 0 Å². The van der Waals surface area contributed by atoms with Crippen molar-refractivity contribution in [3.8, 4) is 0 Å². The Morgan fingerprint density at radius 2 is 1.50 bits per heavy atom. The molecule has 0 fully saturated rings. The summed E-state index contributed by atoms with van der Waals surface area (Å²) in [6.07, 6.45) is 10.9. The van der Waals surface area contributed by atoms with Crippen LogP contribution >= 0.6 is 7.60 Å². The van der Waals surface area contributed by atoms with Crippen LogP contribution in [0.4, 0.5) is 0 Å². The number of nitrogens with one attached hydrogen (secondary N) is 1. The van der Waals surface area contributed by atoms with Crippen LogP contribution in [0.15, 0.2) is 34.9 Å². The Labute approximate surface area is 135 Å². The van der Waals surface area contributed by atoms with Crippen LogP contribution in [-0.2, 0) is 4.57 Å². The zero-order valence-corrected chi connectivity index (χ0v) is 15.3. The van der Waals surface area contributed by atoms with Crippen molar-refractivity contribution in [3.05, 3.63) is 34.9 Å². The summed E-state index contributed by atoms with van der Waals surface area (Å²) in [6, 6.07) is 0. The Morgan fingerprint density at radius 3 is 2.05 bits per heavy atom. The molecule has 0 aromatic rings. The zero-order chi connectivity index (χ0) is 17.0. The highest BCUT2D eigenvalue weighted by atomic mass is 31.2. The summed E-state index contributed by atoms with van der Waals surface area (Å²) in [5, 5.41) is 3.02. The van der Waals surface area contributed by atoms with Crippen LogP contribution in [-0.4, -0.2) is 29.0 Å². The molecule has 0 aromatic carbocycles. The molecule has 0 radical (unpaired) electrons. The summed E-state index contributed by atoms with van der Waals surface area (Å²) in [7, 11) is -3.87. The quantitative estimate of drug-likeness (QED) is 0.302. The fourth-order valence-corrected chi connectivity index (χ4v) is 2.36. The van der Waals surface area contributed by atoms with Crippen molar-refractivity contribution in [2.75, 3.05) is 19.3 Å². The summed E-state index contributed by atoms with van der Waals surface area (Å²) in [4.78, 5) is 17.5. The third-order valence-corrected chi connectivity index (χ3v) is 4.10. The molecule has 0 aliphatic heterocycles. The highest BCUT2D eigenvalue weighted by Gasteiger charge is 2.10. The van der Waals surface area contributed by atoms with Gasteiger partial charge in [0.25, 0.3) is 0 Å². The van der Waals surface area contributed by atoms with E-state index in [1.54, 1.807) is 0 Å². The van der Waals surface area contributed by atoms with Gasteiger partial charge in [-0.25, -0.2) is 0 Å². The van der Waals surface area contributed by atoms with Crippen molar-refractivity contribution in [1.82, 2.24) is 5.32 Å². The number of hydrogen-bond donors (Lipinski definition) is 3. The fourth-order valence-electron chi connectivity index (χ4n) is 1.91. The molecule has 0 spiro atoms. The Bertz CT molecular complexity index is 443. The molecule has 3 N–H and O–H groups in total. The van der Waals surface area contributed by atoms with E-state index in [1.807, 2.05) is 0 Å². The lowest BCUT2D eigenvalue weighted by molar-refractivity contribution is 0.372. The third kappa shape index (κ3) is 15.7. The van der Waals surface area contributed by atoms with E-state index in [1.165, 1.54) is 16.7 Å². The topological polar surface area (TPSA) is 69.6 Å². The highest BCUT2D eigenvalue weighted by molar-refractivity contribution is 7.51. The zero-order valence-electron chi connectivity index (χ0n) is 14.4. The van der Waals surface area contributed by atoms with Gasteiger partial charge in [-0.2, -0.15) is 0 Å². The molecule has 0 aliphatic carbocycles. The Kier molecular flexibility index (Phi) is 11.5. The van der Waals surface area contributed by atoms with Gasteiger partial charge in [0, 0.05) is 13.1 Å². The van der Waals surface area contributed by atoms with Gasteiger partial charge in [0.2, 0.25) is 0 Å². The third-order valence-electron chi connectivity index (χ3n) is 3.30. The lowest BCUT2D eigenvalue weighted by atomic mass is 10.1. The predicted octanol–water partition coefficient (Wildman–Crippen LogP) is 4.17. The molecule has 5 heteroatoms. The maximum Gasteiger partial charge on any atom is 0.326 e. The van der Waals surface area contributed by atoms with Crippen molar-refractivity contribution in [2.45, 2.75) is 53.4 Å². The maximum absolute atomic E-state index is 10.7. The Balaban J connectivity index is 3.83. The van der Waals surface area contributed by atoms with Gasteiger partial charge >= 0.3 is 7.60 Å². The van der Waals surface area contributed by atoms with Crippen molar-refractivity contribution in [2.24, 2.45) is 0 Å². The van der Waals surface area contributed by atoms with E-state index in [0.29, 0.717) is 13.1 Å². The predicted molar refractivity (Wildman–Crippen MR) is 95.2 cm³/mol. The van der Waals surface area contributed by atoms with Gasteiger partial charge < -0.3 is 15.1 Å². The van der Waals surface area contributed by atoms with Gasteiger partial charge in [0.15, 0.2) is 0 Å². The second-order valence-electron chi connectivity index (χ2n) is 6.05. The summed E-state index contributed by atoms with van der Waals surface area (Å²) >= 11 is 0. The molecule has 0 unspecified atom stereocenters. The average molecular weight is 329 g/mol. The number of rotatable bonds is 11. The second kappa shape index (κ2) is 11.8. The summed E-state index contributed by atoms with van der Waals surface area (Å²) in [5.41, 5.74) is 4.11. The van der Waals surface area contributed by atoms with Gasteiger partial charge in [0.05, 0.1) is 6.16 Å². The van der Waals surface area contributed by atoms with Gasteiger partial charge in [-0.1, -0.05) is 34.9 Å². The molecule has 0 amide bonds. The van der Waals surface area contributed by atoms with Crippen LogP contribution < -0.4 is 5.32 Å². The normalized spacial score (nSPS) is 13.4. The first-order valence-corrected chi connectivity index (χ1v) is 9.70. The number of hydrogen-bond acceptors (Lipinski definition) is 2. The molecule has 0 heterocycles. The molecule has 0 aromatic heterocycles. The number of allylic oxidation sites excluding steroid dienone is 5. The smallest absolute Gasteiger partial charge is 0.324 e. The van der Waals surface area contributed by atoms with Crippen LogP contribution in [0.2, 0.25) is 0 Å². The molecule has 0 saturated heterocycles. The summed E-state index contributed by atoms with van der Waals surface area (Å²) < 4.78 is 10.7. The second-order valence-corrected chi connectivity index (χ2v) is 7.83. The Morgan fingerprint density at radius 1 is 0.955 bits per heavy atom.